The Bertz CT molecular complexity index is 704. The number of rotatable bonds is 3. The SMILES string of the molecule is Cc1cc(F)c(Br)cc1NC(=O)Cc1cccc(F)c1F. The quantitative estimate of drug-likeness (QED) is 0.868. The van der Waals surface area contributed by atoms with E-state index in [0.29, 0.717) is 11.3 Å². The number of carbonyl (C=O) groups is 1. The number of aryl methyl sites for hydroxylation is 1. The summed E-state index contributed by atoms with van der Waals surface area (Å²) in [6.07, 6.45) is -0.308. The molecule has 0 spiro atoms. The van der Waals surface area contributed by atoms with Gasteiger partial charge in [-0.05, 0) is 46.6 Å². The largest absolute Gasteiger partial charge is 0.326 e. The maximum Gasteiger partial charge on any atom is 0.228 e. The van der Waals surface area contributed by atoms with Crippen molar-refractivity contribution in [3.63, 3.8) is 0 Å². The van der Waals surface area contributed by atoms with Crippen LogP contribution in [0.2, 0.25) is 0 Å². The summed E-state index contributed by atoms with van der Waals surface area (Å²) in [4.78, 5) is 11.9. The smallest absolute Gasteiger partial charge is 0.228 e. The summed E-state index contributed by atoms with van der Waals surface area (Å²) < 4.78 is 40.0. The number of halogens is 4. The van der Waals surface area contributed by atoms with Crippen molar-refractivity contribution in [2.75, 3.05) is 5.32 Å². The van der Waals surface area contributed by atoms with Crippen LogP contribution < -0.4 is 5.32 Å². The van der Waals surface area contributed by atoms with Crippen molar-refractivity contribution in [2.24, 2.45) is 0 Å². The number of hydrogen-bond acceptors (Lipinski definition) is 1. The molecular formula is C15H11BrF3NO. The molecule has 0 aliphatic carbocycles. The van der Waals surface area contributed by atoms with Crippen molar-refractivity contribution in [2.45, 2.75) is 13.3 Å². The highest BCUT2D eigenvalue weighted by atomic mass is 79.9. The van der Waals surface area contributed by atoms with Crippen LogP contribution in [0.3, 0.4) is 0 Å². The molecule has 1 amide bonds. The lowest BCUT2D eigenvalue weighted by Crippen LogP contribution is -2.16. The van der Waals surface area contributed by atoms with Crippen molar-refractivity contribution >= 4 is 27.5 Å². The molecule has 0 aliphatic heterocycles. The third-order valence-electron chi connectivity index (χ3n) is 2.92. The average Bonchev–Trinajstić information content (AvgIpc) is 2.41. The number of amides is 1. The number of benzene rings is 2. The zero-order valence-corrected chi connectivity index (χ0v) is 12.6. The Morgan fingerprint density at radius 3 is 2.62 bits per heavy atom. The lowest BCUT2D eigenvalue weighted by atomic mass is 10.1. The monoisotopic (exact) mass is 357 g/mol. The minimum atomic E-state index is -1.04. The molecule has 2 aromatic rings. The number of carbonyl (C=O) groups excluding carboxylic acids is 1. The summed E-state index contributed by atoms with van der Waals surface area (Å²) in [6, 6.07) is 6.34. The summed E-state index contributed by atoms with van der Waals surface area (Å²) in [7, 11) is 0. The maximum absolute atomic E-state index is 13.5. The predicted molar refractivity (Wildman–Crippen MR) is 77.5 cm³/mol. The molecule has 0 unspecified atom stereocenters. The van der Waals surface area contributed by atoms with Gasteiger partial charge in [0.15, 0.2) is 11.6 Å². The van der Waals surface area contributed by atoms with E-state index in [4.69, 9.17) is 0 Å². The molecule has 110 valence electrons. The van der Waals surface area contributed by atoms with Crippen molar-refractivity contribution in [1.82, 2.24) is 0 Å². The minimum absolute atomic E-state index is 0.0358. The summed E-state index contributed by atoms with van der Waals surface area (Å²) in [5, 5.41) is 2.55. The van der Waals surface area contributed by atoms with Crippen LogP contribution >= 0.6 is 15.9 Å². The molecule has 2 rings (SSSR count). The predicted octanol–water partition coefficient (Wildman–Crippen LogP) is 4.36. The molecule has 0 saturated heterocycles. The van der Waals surface area contributed by atoms with E-state index in [9.17, 15) is 18.0 Å². The molecular weight excluding hydrogens is 347 g/mol. The van der Waals surface area contributed by atoms with Crippen LogP contribution in [0.15, 0.2) is 34.8 Å². The Hall–Kier alpha value is -1.82. The van der Waals surface area contributed by atoms with Crippen molar-refractivity contribution in [3.05, 3.63) is 63.4 Å². The fourth-order valence-electron chi connectivity index (χ4n) is 1.83. The number of hydrogen-bond donors (Lipinski definition) is 1. The van der Waals surface area contributed by atoms with Crippen LogP contribution in [0, 0.1) is 24.4 Å². The second kappa shape index (κ2) is 6.30. The van der Waals surface area contributed by atoms with E-state index in [2.05, 4.69) is 21.2 Å². The van der Waals surface area contributed by atoms with Gasteiger partial charge in [-0.2, -0.15) is 0 Å². The topological polar surface area (TPSA) is 29.1 Å². The van der Waals surface area contributed by atoms with E-state index in [1.165, 1.54) is 24.3 Å². The van der Waals surface area contributed by atoms with E-state index in [0.717, 1.165) is 6.07 Å². The van der Waals surface area contributed by atoms with Crippen molar-refractivity contribution in [1.29, 1.82) is 0 Å². The molecule has 0 fully saturated rings. The van der Waals surface area contributed by atoms with Crippen molar-refractivity contribution in [3.8, 4) is 0 Å². The highest BCUT2D eigenvalue weighted by molar-refractivity contribution is 9.10. The molecule has 2 aromatic carbocycles. The summed E-state index contributed by atoms with van der Waals surface area (Å²) in [5.74, 6) is -2.99. The van der Waals surface area contributed by atoms with Gasteiger partial charge in [0.2, 0.25) is 5.91 Å². The van der Waals surface area contributed by atoms with Crippen LogP contribution in [0.25, 0.3) is 0 Å². The Morgan fingerprint density at radius 1 is 1.19 bits per heavy atom. The minimum Gasteiger partial charge on any atom is -0.326 e. The van der Waals surface area contributed by atoms with Gasteiger partial charge in [0.05, 0.1) is 10.9 Å². The van der Waals surface area contributed by atoms with Gasteiger partial charge >= 0.3 is 0 Å². The first-order valence-corrected chi connectivity index (χ1v) is 6.86. The van der Waals surface area contributed by atoms with Crippen LogP contribution in [0.5, 0.6) is 0 Å². The van der Waals surface area contributed by atoms with E-state index >= 15 is 0 Å². The number of anilines is 1. The van der Waals surface area contributed by atoms with Crippen LogP contribution in [0.1, 0.15) is 11.1 Å². The standard InChI is InChI=1S/C15H11BrF3NO/c1-8-5-12(18)10(16)7-13(8)20-14(21)6-9-3-2-4-11(17)15(9)19/h2-5,7H,6H2,1H3,(H,20,21). The molecule has 0 bridgehead atoms. The zero-order valence-electron chi connectivity index (χ0n) is 11.0. The lowest BCUT2D eigenvalue weighted by molar-refractivity contribution is -0.115. The van der Waals surface area contributed by atoms with Gasteiger partial charge in [-0.3, -0.25) is 4.79 Å². The summed E-state index contributed by atoms with van der Waals surface area (Å²) in [6.45, 7) is 1.63. The van der Waals surface area contributed by atoms with Crippen LogP contribution in [0.4, 0.5) is 18.9 Å². The molecule has 0 heterocycles. The van der Waals surface area contributed by atoms with E-state index in [1.807, 2.05) is 0 Å². The first-order chi connectivity index (χ1) is 9.88. The molecule has 21 heavy (non-hydrogen) atoms. The third-order valence-corrected chi connectivity index (χ3v) is 3.53. The van der Waals surface area contributed by atoms with Crippen LogP contribution in [-0.2, 0) is 11.2 Å². The second-order valence-corrected chi connectivity index (χ2v) is 5.37. The number of nitrogens with one attached hydrogen (secondary N) is 1. The van der Waals surface area contributed by atoms with Gasteiger partial charge in [-0.1, -0.05) is 12.1 Å². The van der Waals surface area contributed by atoms with Crippen LogP contribution in [-0.4, -0.2) is 5.91 Å². The van der Waals surface area contributed by atoms with E-state index in [-0.39, 0.29) is 16.5 Å². The van der Waals surface area contributed by atoms with Gasteiger partial charge in [0.1, 0.15) is 5.82 Å². The first-order valence-electron chi connectivity index (χ1n) is 6.07. The highest BCUT2D eigenvalue weighted by Crippen LogP contribution is 2.24. The zero-order chi connectivity index (χ0) is 15.6. The van der Waals surface area contributed by atoms with E-state index in [1.54, 1.807) is 6.92 Å². The molecule has 0 atom stereocenters. The summed E-state index contributed by atoms with van der Waals surface area (Å²) in [5.41, 5.74) is 0.903. The summed E-state index contributed by atoms with van der Waals surface area (Å²) >= 11 is 3.02. The Labute approximate surface area is 128 Å². The Kier molecular flexibility index (Phi) is 4.67. The van der Waals surface area contributed by atoms with Crippen molar-refractivity contribution < 1.29 is 18.0 Å². The van der Waals surface area contributed by atoms with Gasteiger partial charge in [0, 0.05) is 11.3 Å². The molecule has 0 aromatic heterocycles. The molecule has 1 N–H and O–H groups in total. The molecule has 0 aliphatic rings. The fraction of sp³-hybridized carbons (Fsp3) is 0.133. The molecule has 6 heteroatoms. The fourth-order valence-corrected chi connectivity index (χ4v) is 2.18. The normalized spacial score (nSPS) is 10.5. The van der Waals surface area contributed by atoms with Gasteiger partial charge < -0.3 is 5.32 Å². The van der Waals surface area contributed by atoms with Gasteiger partial charge in [-0.15, -0.1) is 0 Å². The first kappa shape index (κ1) is 15.6. The maximum atomic E-state index is 13.5. The second-order valence-electron chi connectivity index (χ2n) is 4.52. The van der Waals surface area contributed by atoms with E-state index < -0.39 is 23.4 Å². The Balaban J connectivity index is 2.16. The Morgan fingerprint density at radius 2 is 1.90 bits per heavy atom. The lowest BCUT2D eigenvalue weighted by Gasteiger charge is -2.10. The molecule has 0 saturated carbocycles. The highest BCUT2D eigenvalue weighted by Gasteiger charge is 2.13. The third kappa shape index (κ3) is 3.64. The van der Waals surface area contributed by atoms with Gasteiger partial charge in [-0.25, -0.2) is 13.2 Å². The molecule has 2 nitrogen and oxygen atoms in total. The molecule has 0 radical (unpaired) electrons. The average molecular weight is 358 g/mol. The van der Waals surface area contributed by atoms with Gasteiger partial charge in [0.25, 0.3) is 0 Å².